The Hall–Kier alpha value is -1.31. The first-order valence-corrected chi connectivity index (χ1v) is 5.05. The standard InChI is InChI=1S/C12H13NO/c1-14-12-11-8-4-2-3-5-9(11)10(13-12)7-6-8/h2-11H,1H3/t8-,9-,10+,11+/m1/s1. The molecule has 0 unspecified atom stereocenters. The largest absolute Gasteiger partial charge is 0.484 e. The smallest absolute Gasteiger partial charge is 0.188 e. The molecule has 0 aromatic carbocycles. The van der Waals surface area contributed by atoms with Crippen LogP contribution in [0.5, 0.6) is 0 Å². The quantitative estimate of drug-likeness (QED) is 0.531. The van der Waals surface area contributed by atoms with Crippen molar-refractivity contribution in [3.8, 4) is 0 Å². The van der Waals surface area contributed by atoms with Crippen molar-refractivity contribution in [3.63, 3.8) is 0 Å². The lowest BCUT2D eigenvalue weighted by Crippen LogP contribution is -2.30. The maximum atomic E-state index is 5.36. The number of methoxy groups -OCH3 is 1. The van der Waals surface area contributed by atoms with E-state index in [1.165, 1.54) is 0 Å². The maximum Gasteiger partial charge on any atom is 0.188 e. The van der Waals surface area contributed by atoms with Crippen LogP contribution in [0.4, 0.5) is 0 Å². The van der Waals surface area contributed by atoms with Crippen LogP contribution in [-0.2, 0) is 4.74 Å². The van der Waals surface area contributed by atoms with E-state index in [1.807, 2.05) is 0 Å². The Balaban J connectivity index is 2.08. The summed E-state index contributed by atoms with van der Waals surface area (Å²) in [4.78, 5) is 4.58. The molecule has 3 aliphatic rings. The number of hydrogen-bond donors (Lipinski definition) is 0. The summed E-state index contributed by atoms with van der Waals surface area (Å²) in [5.74, 6) is 2.33. The molecule has 0 fully saturated rings. The normalized spacial score (nSPS) is 42.2. The molecule has 0 aromatic rings. The highest BCUT2D eigenvalue weighted by atomic mass is 16.5. The molecule has 1 heterocycles. The molecule has 2 nitrogen and oxygen atoms in total. The van der Waals surface area contributed by atoms with Gasteiger partial charge in [-0.3, -0.25) is 0 Å². The molecule has 4 atom stereocenters. The Kier molecular flexibility index (Phi) is 1.63. The van der Waals surface area contributed by atoms with Crippen LogP contribution in [-0.4, -0.2) is 19.0 Å². The second-order valence-corrected chi connectivity index (χ2v) is 4.00. The van der Waals surface area contributed by atoms with Crippen molar-refractivity contribution in [2.75, 3.05) is 7.11 Å². The minimum Gasteiger partial charge on any atom is -0.484 e. The Morgan fingerprint density at radius 3 is 2.86 bits per heavy atom. The molecule has 4 bridgehead atoms. The molecule has 72 valence electrons. The van der Waals surface area contributed by atoms with Crippen molar-refractivity contribution in [2.45, 2.75) is 6.04 Å². The molecule has 0 saturated heterocycles. The molecule has 0 amide bonds. The molecule has 2 aliphatic carbocycles. The number of nitrogens with zero attached hydrogens (tertiary/aromatic N) is 1. The number of rotatable bonds is 0. The fourth-order valence-corrected chi connectivity index (χ4v) is 2.64. The average Bonchev–Trinajstić information content (AvgIpc) is 2.35. The Morgan fingerprint density at radius 2 is 2.00 bits per heavy atom. The molecule has 3 rings (SSSR count). The predicted molar refractivity (Wildman–Crippen MR) is 56.1 cm³/mol. The molecule has 0 N–H and O–H groups in total. The molecular weight excluding hydrogens is 174 g/mol. The SMILES string of the molecule is COC1=N[C@H]2C=C[C@H]3C=CC=C[C@H]2[C@@H]13. The highest BCUT2D eigenvalue weighted by molar-refractivity contribution is 5.83. The Labute approximate surface area is 83.7 Å². The van der Waals surface area contributed by atoms with Crippen LogP contribution in [0, 0.1) is 17.8 Å². The van der Waals surface area contributed by atoms with Gasteiger partial charge in [0.15, 0.2) is 5.90 Å². The number of ether oxygens (including phenoxy) is 1. The van der Waals surface area contributed by atoms with E-state index in [-0.39, 0.29) is 0 Å². The van der Waals surface area contributed by atoms with E-state index in [0.29, 0.717) is 23.8 Å². The van der Waals surface area contributed by atoms with Gasteiger partial charge >= 0.3 is 0 Å². The molecule has 0 aromatic heterocycles. The van der Waals surface area contributed by atoms with Gasteiger partial charge in [-0.1, -0.05) is 36.5 Å². The minimum absolute atomic E-state index is 0.308. The molecule has 0 radical (unpaired) electrons. The van der Waals surface area contributed by atoms with Crippen LogP contribution in [0.1, 0.15) is 0 Å². The number of hydrogen-bond acceptors (Lipinski definition) is 2. The van der Waals surface area contributed by atoms with E-state index in [1.54, 1.807) is 7.11 Å². The first-order valence-electron chi connectivity index (χ1n) is 5.05. The predicted octanol–water partition coefficient (Wildman–Crippen LogP) is 1.96. The summed E-state index contributed by atoms with van der Waals surface area (Å²) in [6, 6.07) is 0.308. The van der Waals surface area contributed by atoms with Crippen LogP contribution in [0.25, 0.3) is 0 Å². The first-order chi connectivity index (χ1) is 6.90. The van der Waals surface area contributed by atoms with Gasteiger partial charge in [-0.05, 0) is 0 Å². The fourth-order valence-electron chi connectivity index (χ4n) is 2.64. The summed E-state index contributed by atoms with van der Waals surface area (Å²) >= 11 is 0. The summed E-state index contributed by atoms with van der Waals surface area (Å²) < 4.78 is 5.36. The Bertz CT molecular complexity index is 365. The third kappa shape index (κ3) is 0.939. The second kappa shape index (κ2) is 2.84. The average molecular weight is 187 g/mol. The monoisotopic (exact) mass is 187 g/mol. The van der Waals surface area contributed by atoms with Crippen LogP contribution in [0.3, 0.4) is 0 Å². The second-order valence-electron chi connectivity index (χ2n) is 4.00. The van der Waals surface area contributed by atoms with Gasteiger partial charge in [0, 0.05) is 11.8 Å². The molecular formula is C12H13NO. The summed E-state index contributed by atoms with van der Waals surface area (Å²) in [5, 5.41) is 0. The van der Waals surface area contributed by atoms with Gasteiger partial charge in [-0.25, -0.2) is 4.99 Å². The highest BCUT2D eigenvalue weighted by Gasteiger charge is 2.43. The lowest BCUT2D eigenvalue weighted by molar-refractivity contribution is 0.335. The molecule has 1 aliphatic heterocycles. The highest BCUT2D eigenvalue weighted by Crippen LogP contribution is 2.41. The van der Waals surface area contributed by atoms with Crippen molar-refractivity contribution in [1.29, 1.82) is 0 Å². The topological polar surface area (TPSA) is 21.6 Å². The van der Waals surface area contributed by atoms with Crippen molar-refractivity contribution in [2.24, 2.45) is 22.7 Å². The number of allylic oxidation sites excluding steroid dienone is 4. The minimum atomic E-state index is 0.308. The van der Waals surface area contributed by atoms with E-state index in [9.17, 15) is 0 Å². The van der Waals surface area contributed by atoms with Crippen molar-refractivity contribution < 1.29 is 4.74 Å². The van der Waals surface area contributed by atoms with Crippen molar-refractivity contribution >= 4 is 5.90 Å². The third-order valence-corrected chi connectivity index (χ3v) is 3.30. The maximum absolute atomic E-state index is 5.36. The molecule has 14 heavy (non-hydrogen) atoms. The van der Waals surface area contributed by atoms with Crippen LogP contribution < -0.4 is 0 Å². The molecule has 0 spiro atoms. The lowest BCUT2D eigenvalue weighted by atomic mass is 9.76. The third-order valence-electron chi connectivity index (χ3n) is 3.30. The zero-order chi connectivity index (χ0) is 9.54. The number of aliphatic imine (C=N–C) groups is 1. The van der Waals surface area contributed by atoms with E-state index in [2.05, 4.69) is 41.4 Å². The van der Waals surface area contributed by atoms with Gasteiger partial charge in [0.1, 0.15) is 0 Å². The van der Waals surface area contributed by atoms with Crippen molar-refractivity contribution in [1.82, 2.24) is 0 Å². The van der Waals surface area contributed by atoms with Gasteiger partial charge in [-0.2, -0.15) is 0 Å². The van der Waals surface area contributed by atoms with E-state index in [4.69, 9.17) is 4.74 Å². The van der Waals surface area contributed by atoms with E-state index >= 15 is 0 Å². The zero-order valence-corrected chi connectivity index (χ0v) is 8.13. The summed E-state index contributed by atoms with van der Waals surface area (Å²) in [6.07, 6.45) is 13.2. The van der Waals surface area contributed by atoms with Gasteiger partial charge in [0.25, 0.3) is 0 Å². The zero-order valence-electron chi connectivity index (χ0n) is 8.13. The van der Waals surface area contributed by atoms with Crippen LogP contribution in [0.2, 0.25) is 0 Å². The molecule has 0 saturated carbocycles. The Morgan fingerprint density at radius 1 is 1.14 bits per heavy atom. The van der Waals surface area contributed by atoms with Crippen molar-refractivity contribution in [3.05, 3.63) is 36.5 Å². The summed E-state index contributed by atoms with van der Waals surface area (Å²) in [5.41, 5.74) is 0. The summed E-state index contributed by atoms with van der Waals surface area (Å²) in [6.45, 7) is 0. The van der Waals surface area contributed by atoms with Gasteiger partial charge in [-0.15, -0.1) is 0 Å². The van der Waals surface area contributed by atoms with Gasteiger partial charge in [0.2, 0.25) is 0 Å². The van der Waals surface area contributed by atoms with E-state index in [0.717, 1.165) is 5.90 Å². The van der Waals surface area contributed by atoms with E-state index < -0.39 is 0 Å². The molecule has 2 heteroatoms. The van der Waals surface area contributed by atoms with Gasteiger partial charge in [0.05, 0.1) is 19.1 Å². The van der Waals surface area contributed by atoms with Gasteiger partial charge < -0.3 is 4.74 Å². The van der Waals surface area contributed by atoms with Crippen LogP contribution in [0.15, 0.2) is 41.4 Å². The lowest BCUT2D eigenvalue weighted by Gasteiger charge is -2.27. The first kappa shape index (κ1) is 8.04. The summed E-state index contributed by atoms with van der Waals surface area (Å²) in [7, 11) is 1.72. The fraction of sp³-hybridized carbons (Fsp3) is 0.417. The van der Waals surface area contributed by atoms with Crippen LogP contribution >= 0.6 is 0 Å².